The standard InChI is InChI=1S/C17H13NO5/c1-22-12-5-3-4-10-14(12)17(20)15-11(16(10)19)6-9(8-18-21)7-13(15)23-2/h3-8,21H,1-2H3/b18-8+. The lowest BCUT2D eigenvalue weighted by atomic mass is 9.82. The van der Waals surface area contributed by atoms with E-state index in [9.17, 15) is 9.59 Å². The summed E-state index contributed by atoms with van der Waals surface area (Å²) >= 11 is 0. The van der Waals surface area contributed by atoms with Crippen LogP contribution >= 0.6 is 0 Å². The molecular formula is C17H13NO5. The van der Waals surface area contributed by atoms with Crippen molar-refractivity contribution in [2.45, 2.75) is 0 Å². The molecule has 116 valence electrons. The van der Waals surface area contributed by atoms with E-state index in [1.807, 2.05) is 0 Å². The van der Waals surface area contributed by atoms with Crippen molar-refractivity contribution in [1.29, 1.82) is 0 Å². The summed E-state index contributed by atoms with van der Waals surface area (Å²) in [5.74, 6) is -0.0572. The number of rotatable bonds is 3. The Morgan fingerprint density at radius 2 is 1.65 bits per heavy atom. The lowest BCUT2D eigenvalue weighted by Gasteiger charge is -2.21. The average Bonchev–Trinajstić information content (AvgIpc) is 2.58. The minimum absolute atomic E-state index is 0.185. The first-order valence-electron chi connectivity index (χ1n) is 6.78. The molecule has 0 radical (unpaired) electrons. The van der Waals surface area contributed by atoms with E-state index in [4.69, 9.17) is 14.7 Å². The highest BCUT2D eigenvalue weighted by atomic mass is 16.5. The van der Waals surface area contributed by atoms with Gasteiger partial charge in [-0.1, -0.05) is 17.3 Å². The number of carbonyl (C=O) groups excluding carboxylic acids is 2. The second-order valence-corrected chi connectivity index (χ2v) is 4.93. The molecule has 6 nitrogen and oxygen atoms in total. The van der Waals surface area contributed by atoms with Crippen molar-refractivity contribution in [1.82, 2.24) is 0 Å². The highest BCUT2D eigenvalue weighted by Crippen LogP contribution is 2.37. The predicted octanol–water partition coefficient (Wildman–Crippen LogP) is 2.29. The smallest absolute Gasteiger partial charge is 0.201 e. The van der Waals surface area contributed by atoms with Crippen molar-refractivity contribution < 1.29 is 24.3 Å². The lowest BCUT2D eigenvalue weighted by molar-refractivity contribution is 0.0974. The van der Waals surface area contributed by atoms with Crippen molar-refractivity contribution in [3.63, 3.8) is 0 Å². The van der Waals surface area contributed by atoms with Crippen LogP contribution in [0.3, 0.4) is 0 Å². The molecule has 0 heterocycles. The van der Waals surface area contributed by atoms with Gasteiger partial charge in [0.1, 0.15) is 11.5 Å². The molecule has 0 amide bonds. The minimum atomic E-state index is -0.337. The number of carbonyl (C=O) groups is 2. The van der Waals surface area contributed by atoms with Crippen molar-refractivity contribution >= 4 is 17.8 Å². The Kier molecular flexibility index (Phi) is 3.57. The van der Waals surface area contributed by atoms with Crippen LogP contribution in [0.5, 0.6) is 11.5 Å². The van der Waals surface area contributed by atoms with Crippen molar-refractivity contribution in [3.8, 4) is 11.5 Å². The zero-order valence-electron chi connectivity index (χ0n) is 12.5. The van der Waals surface area contributed by atoms with Gasteiger partial charge in [0.25, 0.3) is 0 Å². The molecule has 0 atom stereocenters. The molecule has 2 aromatic rings. The van der Waals surface area contributed by atoms with Crippen LogP contribution in [-0.4, -0.2) is 37.2 Å². The second-order valence-electron chi connectivity index (χ2n) is 4.93. The molecule has 0 saturated carbocycles. The third kappa shape index (κ3) is 2.15. The van der Waals surface area contributed by atoms with Gasteiger partial charge in [-0.15, -0.1) is 0 Å². The first kappa shape index (κ1) is 14.8. The fourth-order valence-corrected chi connectivity index (χ4v) is 2.75. The van der Waals surface area contributed by atoms with Crippen LogP contribution < -0.4 is 9.47 Å². The Hall–Kier alpha value is -3.15. The predicted molar refractivity (Wildman–Crippen MR) is 82.2 cm³/mol. The van der Waals surface area contributed by atoms with E-state index in [0.29, 0.717) is 11.3 Å². The molecule has 6 heteroatoms. The average molecular weight is 311 g/mol. The summed E-state index contributed by atoms with van der Waals surface area (Å²) in [5.41, 5.74) is 1.36. The molecule has 0 aromatic heterocycles. The molecule has 3 rings (SSSR count). The molecule has 0 bridgehead atoms. The molecule has 0 aliphatic heterocycles. The monoisotopic (exact) mass is 311 g/mol. The number of hydrogen-bond acceptors (Lipinski definition) is 6. The van der Waals surface area contributed by atoms with Gasteiger partial charge in [0.2, 0.25) is 5.78 Å². The molecule has 1 N–H and O–H groups in total. The molecule has 1 aliphatic carbocycles. The lowest BCUT2D eigenvalue weighted by Crippen LogP contribution is -2.23. The topological polar surface area (TPSA) is 85.2 Å². The highest BCUT2D eigenvalue weighted by molar-refractivity contribution is 6.30. The Bertz CT molecular complexity index is 854. The van der Waals surface area contributed by atoms with E-state index < -0.39 is 0 Å². The number of benzene rings is 2. The summed E-state index contributed by atoms with van der Waals surface area (Å²) in [6.07, 6.45) is 1.17. The molecule has 2 aromatic carbocycles. The number of ketones is 2. The number of ether oxygens (including phenoxy) is 2. The van der Waals surface area contributed by atoms with Gasteiger partial charge in [-0.05, 0) is 18.2 Å². The largest absolute Gasteiger partial charge is 0.496 e. The van der Waals surface area contributed by atoms with Gasteiger partial charge in [0.05, 0.1) is 31.6 Å². The van der Waals surface area contributed by atoms with Crippen molar-refractivity contribution in [2.75, 3.05) is 14.2 Å². The zero-order chi connectivity index (χ0) is 16.6. The second kappa shape index (κ2) is 5.57. The third-order valence-electron chi connectivity index (χ3n) is 3.74. The number of fused-ring (bicyclic) bond motifs is 2. The summed E-state index contributed by atoms with van der Waals surface area (Å²) in [5, 5.41) is 11.6. The van der Waals surface area contributed by atoms with Crippen LogP contribution in [-0.2, 0) is 0 Å². The minimum Gasteiger partial charge on any atom is -0.496 e. The number of oxime groups is 1. The van der Waals surface area contributed by atoms with Crippen LogP contribution in [0.2, 0.25) is 0 Å². The first-order chi connectivity index (χ1) is 11.1. The summed E-state index contributed by atoms with van der Waals surface area (Å²) in [4.78, 5) is 25.7. The molecule has 0 unspecified atom stereocenters. The third-order valence-corrected chi connectivity index (χ3v) is 3.74. The van der Waals surface area contributed by atoms with Crippen LogP contribution in [0, 0.1) is 0 Å². The van der Waals surface area contributed by atoms with Crippen LogP contribution in [0.1, 0.15) is 37.4 Å². The maximum Gasteiger partial charge on any atom is 0.201 e. The molecular weight excluding hydrogens is 298 g/mol. The Balaban J connectivity index is 2.33. The first-order valence-corrected chi connectivity index (χ1v) is 6.78. The van der Waals surface area contributed by atoms with E-state index in [2.05, 4.69) is 5.16 Å². The van der Waals surface area contributed by atoms with Gasteiger partial charge in [0.15, 0.2) is 5.78 Å². The maximum absolute atomic E-state index is 12.9. The van der Waals surface area contributed by atoms with Gasteiger partial charge < -0.3 is 14.7 Å². The van der Waals surface area contributed by atoms with Crippen molar-refractivity contribution in [2.24, 2.45) is 5.16 Å². The number of methoxy groups -OCH3 is 2. The van der Waals surface area contributed by atoms with E-state index in [0.717, 1.165) is 0 Å². The van der Waals surface area contributed by atoms with E-state index in [-0.39, 0.29) is 39.6 Å². The SMILES string of the molecule is COc1cccc2c1C(=O)c1c(OC)cc(/C=N/O)cc1C2=O. The summed E-state index contributed by atoms with van der Waals surface area (Å²) in [6, 6.07) is 7.91. The molecule has 0 fully saturated rings. The summed E-state index contributed by atoms with van der Waals surface area (Å²) in [7, 11) is 2.85. The zero-order valence-corrected chi connectivity index (χ0v) is 12.5. The Morgan fingerprint density at radius 1 is 0.957 bits per heavy atom. The van der Waals surface area contributed by atoms with E-state index in [1.54, 1.807) is 18.2 Å². The highest BCUT2D eigenvalue weighted by Gasteiger charge is 2.35. The maximum atomic E-state index is 12.9. The van der Waals surface area contributed by atoms with Crippen LogP contribution in [0.25, 0.3) is 0 Å². The quantitative estimate of drug-likeness (QED) is 0.456. The van der Waals surface area contributed by atoms with Gasteiger partial charge in [-0.3, -0.25) is 9.59 Å². The fraction of sp³-hybridized carbons (Fsp3) is 0.118. The van der Waals surface area contributed by atoms with Crippen LogP contribution in [0.4, 0.5) is 0 Å². The molecule has 23 heavy (non-hydrogen) atoms. The number of hydrogen-bond donors (Lipinski definition) is 1. The van der Waals surface area contributed by atoms with Gasteiger partial charge in [-0.25, -0.2) is 0 Å². The van der Waals surface area contributed by atoms with Gasteiger partial charge in [-0.2, -0.15) is 0 Å². The van der Waals surface area contributed by atoms with E-state index in [1.165, 1.54) is 32.6 Å². The fourth-order valence-electron chi connectivity index (χ4n) is 2.75. The molecule has 0 saturated heterocycles. The van der Waals surface area contributed by atoms with E-state index >= 15 is 0 Å². The normalized spacial score (nSPS) is 13.0. The summed E-state index contributed by atoms with van der Waals surface area (Å²) < 4.78 is 10.5. The Morgan fingerprint density at radius 3 is 2.30 bits per heavy atom. The van der Waals surface area contributed by atoms with Crippen LogP contribution in [0.15, 0.2) is 35.5 Å². The molecule has 0 spiro atoms. The number of nitrogens with zero attached hydrogens (tertiary/aromatic N) is 1. The Labute approximate surface area is 132 Å². The summed E-state index contributed by atoms with van der Waals surface area (Å²) in [6.45, 7) is 0. The van der Waals surface area contributed by atoms with Crippen molar-refractivity contribution in [3.05, 3.63) is 58.1 Å². The van der Waals surface area contributed by atoms with Gasteiger partial charge in [0, 0.05) is 16.7 Å². The van der Waals surface area contributed by atoms with Gasteiger partial charge >= 0.3 is 0 Å². The molecule has 1 aliphatic rings.